The van der Waals surface area contributed by atoms with E-state index in [1.54, 1.807) is 7.11 Å². The maximum absolute atomic E-state index is 12.0. The van der Waals surface area contributed by atoms with Crippen molar-refractivity contribution in [3.63, 3.8) is 0 Å². The second-order valence-electron chi connectivity index (χ2n) is 5.53. The summed E-state index contributed by atoms with van der Waals surface area (Å²) in [5.41, 5.74) is -0.597. The zero-order chi connectivity index (χ0) is 15.6. The van der Waals surface area contributed by atoms with Crippen LogP contribution in [0.2, 0.25) is 0 Å². The van der Waals surface area contributed by atoms with Crippen molar-refractivity contribution in [3.8, 4) is 0 Å². The lowest BCUT2D eigenvalue weighted by molar-refractivity contribution is -0.150. The van der Waals surface area contributed by atoms with Crippen molar-refractivity contribution in [2.45, 2.75) is 52.1 Å². The van der Waals surface area contributed by atoms with E-state index in [2.05, 4.69) is 24.1 Å². The first-order chi connectivity index (χ1) is 9.41. The Hall–Kier alpha value is -0.650. The number of likely N-dealkylation sites (N-methyl/N-ethyl adjacent to an activating group) is 1. The summed E-state index contributed by atoms with van der Waals surface area (Å²) in [5, 5.41) is 3.09. The van der Waals surface area contributed by atoms with E-state index in [0.717, 1.165) is 32.5 Å². The third-order valence-electron chi connectivity index (χ3n) is 3.71. The molecule has 0 heterocycles. The van der Waals surface area contributed by atoms with Crippen LogP contribution in [0.1, 0.15) is 40.5 Å². The van der Waals surface area contributed by atoms with Gasteiger partial charge in [-0.3, -0.25) is 9.69 Å². The molecule has 5 nitrogen and oxygen atoms in total. The average molecular weight is 288 g/mol. The molecule has 120 valence electrons. The maximum Gasteiger partial charge on any atom is 0.326 e. The molecule has 0 radical (unpaired) electrons. The van der Waals surface area contributed by atoms with Gasteiger partial charge in [0.1, 0.15) is 5.54 Å². The summed E-state index contributed by atoms with van der Waals surface area (Å²) in [7, 11) is 3.53. The topological polar surface area (TPSA) is 50.8 Å². The number of hydrogen-bond donors (Lipinski definition) is 1. The number of nitrogens with zero attached hydrogens (tertiary/aromatic N) is 1. The van der Waals surface area contributed by atoms with Crippen molar-refractivity contribution in [1.82, 2.24) is 10.2 Å². The minimum absolute atomic E-state index is 0.171. The molecule has 0 amide bonds. The molecular formula is C15H32N2O3. The largest absolute Gasteiger partial charge is 0.465 e. The fourth-order valence-electron chi connectivity index (χ4n) is 2.09. The molecule has 5 heteroatoms. The van der Waals surface area contributed by atoms with Gasteiger partial charge in [-0.1, -0.05) is 0 Å². The van der Waals surface area contributed by atoms with Gasteiger partial charge in [-0.25, -0.2) is 0 Å². The summed E-state index contributed by atoms with van der Waals surface area (Å²) in [6.45, 7) is 11.1. The van der Waals surface area contributed by atoms with Crippen LogP contribution in [-0.2, 0) is 14.3 Å². The Morgan fingerprint density at radius 1 is 1.35 bits per heavy atom. The highest BCUT2D eigenvalue weighted by atomic mass is 16.5. The quantitative estimate of drug-likeness (QED) is 0.586. The summed E-state index contributed by atoms with van der Waals surface area (Å²) in [5.74, 6) is -0.171. The first-order valence-electron chi connectivity index (χ1n) is 7.50. The molecule has 0 aromatic heterocycles. The van der Waals surface area contributed by atoms with Crippen LogP contribution >= 0.6 is 0 Å². The first-order valence-corrected chi connectivity index (χ1v) is 7.50. The van der Waals surface area contributed by atoms with Crippen molar-refractivity contribution in [2.24, 2.45) is 0 Å². The normalized spacial score (nSPS) is 14.6. The minimum atomic E-state index is -0.597. The Bertz CT molecular complexity index is 272. The van der Waals surface area contributed by atoms with E-state index in [1.807, 2.05) is 20.9 Å². The van der Waals surface area contributed by atoms with E-state index >= 15 is 0 Å². The predicted molar refractivity (Wildman–Crippen MR) is 81.9 cm³/mol. The summed E-state index contributed by atoms with van der Waals surface area (Å²) in [6, 6.07) is 0.480. The van der Waals surface area contributed by atoms with E-state index in [9.17, 15) is 4.79 Å². The van der Waals surface area contributed by atoms with Gasteiger partial charge in [0.05, 0.1) is 13.2 Å². The predicted octanol–water partition coefficient (Wildman–Crippen LogP) is 1.66. The summed E-state index contributed by atoms with van der Waals surface area (Å²) >= 11 is 0. The smallest absolute Gasteiger partial charge is 0.326 e. The number of ether oxygens (including phenoxy) is 2. The van der Waals surface area contributed by atoms with Gasteiger partial charge in [0.2, 0.25) is 0 Å². The molecule has 20 heavy (non-hydrogen) atoms. The number of hydrogen-bond acceptors (Lipinski definition) is 5. The molecule has 0 bridgehead atoms. The fraction of sp³-hybridized carbons (Fsp3) is 0.933. The monoisotopic (exact) mass is 288 g/mol. The molecule has 0 saturated heterocycles. The van der Waals surface area contributed by atoms with Crippen LogP contribution in [0.4, 0.5) is 0 Å². The Morgan fingerprint density at radius 3 is 2.45 bits per heavy atom. The van der Waals surface area contributed by atoms with Gasteiger partial charge in [-0.2, -0.15) is 0 Å². The highest BCUT2D eigenvalue weighted by Gasteiger charge is 2.32. The molecule has 0 aliphatic rings. The number of esters is 1. The summed E-state index contributed by atoms with van der Waals surface area (Å²) in [6.07, 6.45) is 1.70. The Morgan fingerprint density at radius 2 is 2.00 bits per heavy atom. The molecule has 1 atom stereocenters. The fourth-order valence-corrected chi connectivity index (χ4v) is 2.09. The SMILES string of the molecule is CCOC(=O)C(C)(CCCN(CCOC)C(C)C)NC. The molecule has 0 aliphatic heterocycles. The van der Waals surface area contributed by atoms with Gasteiger partial charge in [0.15, 0.2) is 0 Å². The van der Waals surface area contributed by atoms with Crippen molar-refractivity contribution >= 4 is 5.97 Å². The lowest BCUT2D eigenvalue weighted by Gasteiger charge is -2.30. The van der Waals surface area contributed by atoms with Gasteiger partial charge in [0, 0.05) is 19.7 Å². The lowest BCUT2D eigenvalue weighted by atomic mass is 9.96. The number of methoxy groups -OCH3 is 1. The molecule has 0 rings (SSSR count). The molecule has 0 spiro atoms. The number of nitrogens with one attached hydrogen (secondary N) is 1. The standard InChI is InChI=1S/C15H32N2O3/c1-7-20-14(18)15(4,16-5)9-8-10-17(13(2)3)11-12-19-6/h13,16H,7-12H2,1-6H3. The van der Waals surface area contributed by atoms with Crippen molar-refractivity contribution in [2.75, 3.05) is 40.5 Å². The van der Waals surface area contributed by atoms with Crippen molar-refractivity contribution < 1.29 is 14.3 Å². The van der Waals surface area contributed by atoms with Crippen LogP contribution in [0.25, 0.3) is 0 Å². The third-order valence-corrected chi connectivity index (χ3v) is 3.71. The summed E-state index contributed by atoms with van der Waals surface area (Å²) in [4.78, 5) is 14.3. The Labute approximate surface area is 124 Å². The molecule has 0 aromatic rings. The zero-order valence-electron chi connectivity index (χ0n) is 14.0. The highest BCUT2D eigenvalue weighted by molar-refractivity contribution is 5.80. The second kappa shape index (κ2) is 10.1. The van der Waals surface area contributed by atoms with Crippen LogP contribution < -0.4 is 5.32 Å². The van der Waals surface area contributed by atoms with Gasteiger partial charge in [-0.15, -0.1) is 0 Å². The number of rotatable bonds is 11. The lowest BCUT2D eigenvalue weighted by Crippen LogP contribution is -2.49. The molecule has 0 fully saturated rings. The first kappa shape index (κ1) is 19.4. The van der Waals surface area contributed by atoms with Crippen molar-refractivity contribution in [3.05, 3.63) is 0 Å². The van der Waals surface area contributed by atoms with Gasteiger partial charge in [0.25, 0.3) is 0 Å². The van der Waals surface area contributed by atoms with E-state index < -0.39 is 5.54 Å². The minimum Gasteiger partial charge on any atom is -0.465 e. The van der Waals surface area contributed by atoms with Crippen LogP contribution in [0, 0.1) is 0 Å². The van der Waals surface area contributed by atoms with E-state index in [-0.39, 0.29) is 5.97 Å². The molecule has 0 saturated carbocycles. The number of carbonyl (C=O) groups excluding carboxylic acids is 1. The van der Waals surface area contributed by atoms with Crippen LogP contribution in [0.3, 0.4) is 0 Å². The van der Waals surface area contributed by atoms with Crippen LogP contribution in [0.5, 0.6) is 0 Å². The Balaban J connectivity index is 4.31. The van der Waals surface area contributed by atoms with Gasteiger partial charge >= 0.3 is 5.97 Å². The van der Waals surface area contributed by atoms with Crippen LogP contribution in [0.15, 0.2) is 0 Å². The van der Waals surface area contributed by atoms with E-state index in [1.165, 1.54) is 0 Å². The molecular weight excluding hydrogens is 256 g/mol. The van der Waals surface area contributed by atoms with Crippen molar-refractivity contribution in [1.29, 1.82) is 0 Å². The van der Waals surface area contributed by atoms with E-state index in [0.29, 0.717) is 12.6 Å². The highest BCUT2D eigenvalue weighted by Crippen LogP contribution is 2.15. The Kier molecular flexibility index (Phi) is 9.80. The zero-order valence-corrected chi connectivity index (χ0v) is 14.0. The van der Waals surface area contributed by atoms with Crippen LogP contribution in [-0.4, -0.2) is 62.9 Å². The van der Waals surface area contributed by atoms with Gasteiger partial charge in [-0.05, 0) is 54.1 Å². The third kappa shape index (κ3) is 6.68. The second-order valence-corrected chi connectivity index (χ2v) is 5.53. The van der Waals surface area contributed by atoms with Gasteiger partial charge < -0.3 is 14.8 Å². The van der Waals surface area contributed by atoms with E-state index in [4.69, 9.17) is 9.47 Å². The molecule has 1 unspecified atom stereocenters. The molecule has 0 aliphatic carbocycles. The average Bonchev–Trinajstić information content (AvgIpc) is 2.42. The number of carbonyl (C=O) groups is 1. The summed E-state index contributed by atoms with van der Waals surface area (Å²) < 4.78 is 10.3. The molecule has 0 aromatic carbocycles. The molecule has 1 N–H and O–H groups in total. The maximum atomic E-state index is 12.0.